The van der Waals surface area contributed by atoms with Gasteiger partial charge in [0.05, 0.1) is 10.5 Å². The zero-order valence-corrected chi connectivity index (χ0v) is 17.1. The molecule has 0 saturated heterocycles. The molecule has 0 saturated carbocycles. The summed E-state index contributed by atoms with van der Waals surface area (Å²) in [5.74, 6) is 0.391. The molecule has 2 aromatic rings. The van der Waals surface area contributed by atoms with Crippen LogP contribution in [-0.4, -0.2) is 39.8 Å². The minimum atomic E-state index is -4.37. The summed E-state index contributed by atoms with van der Waals surface area (Å²) in [6, 6.07) is 11.5. The van der Waals surface area contributed by atoms with Crippen molar-refractivity contribution in [1.82, 2.24) is 14.9 Å². The van der Waals surface area contributed by atoms with Crippen LogP contribution in [0.4, 0.5) is 13.2 Å². The molecule has 0 fully saturated rings. The maximum atomic E-state index is 12.6. The van der Waals surface area contributed by atoms with Gasteiger partial charge in [-0.05, 0) is 29.3 Å². The molecule has 0 aliphatic heterocycles. The summed E-state index contributed by atoms with van der Waals surface area (Å²) < 4.78 is 63.9. The third-order valence-electron chi connectivity index (χ3n) is 4.14. The number of benzene rings is 2. The number of hydrogen-bond donors (Lipinski definition) is 2. The first kappa shape index (κ1) is 22.7. The lowest BCUT2D eigenvalue weighted by molar-refractivity contribution is -0.137. The SMILES string of the molecule is CN=C(NCc1ccc(C(F)(F)F)cc1)NCc1ccccc1S(=O)(=O)N(C)C. The molecule has 158 valence electrons. The van der Waals surface area contributed by atoms with Crippen molar-refractivity contribution in [2.24, 2.45) is 4.99 Å². The average molecular weight is 428 g/mol. The highest BCUT2D eigenvalue weighted by atomic mass is 32.2. The predicted molar refractivity (Wildman–Crippen MR) is 106 cm³/mol. The number of sulfonamides is 1. The average Bonchev–Trinajstić information content (AvgIpc) is 2.68. The molecule has 10 heteroatoms. The molecule has 0 spiro atoms. The van der Waals surface area contributed by atoms with E-state index in [0.717, 1.165) is 16.4 Å². The van der Waals surface area contributed by atoms with Crippen molar-refractivity contribution in [2.45, 2.75) is 24.2 Å². The molecule has 6 nitrogen and oxygen atoms in total. The fourth-order valence-electron chi connectivity index (χ4n) is 2.50. The maximum Gasteiger partial charge on any atom is 0.416 e. The summed E-state index contributed by atoms with van der Waals surface area (Å²) in [4.78, 5) is 4.25. The van der Waals surface area contributed by atoms with Crippen LogP contribution < -0.4 is 10.6 Å². The maximum absolute atomic E-state index is 12.6. The van der Waals surface area contributed by atoms with E-state index in [4.69, 9.17) is 0 Å². The zero-order chi connectivity index (χ0) is 21.7. The normalized spacial score (nSPS) is 12.9. The van der Waals surface area contributed by atoms with Crippen LogP contribution in [0.15, 0.2) is 58.4 Å². The van der Waals surface area contributed by atoms with Gasteiger partial charge in [0.2, 0.25) is 10.0 Å². The largest absolute Gasteiger partial charge is 0.416 e. The quantitative estimate of drug-likeness (QED) is 0.548. The molecule has 0 aliphatic carbocycles. The molecule has 0 aromatic heterocycles. The highest BCUT2D eigenvalue weighted by Crippen LogP contribution is 2.29. The molecular weight excluding hydrogens is 405 g/mol. The minimum absolute atomic E-state index is 0.190. The Bertz CT molecular complexity index is 956. The van der Waals surface area contributed by atoms with Crippen LogP contribution in [0.2, 0.25) is 0 Å². The van der Waals surface area contributed by atoms with Gasteiger partial charge in [-0.25, -0.2) is 12.7 Å². The third kappa shape index (κ3) is 5.94. The summed E-state index contributed by atoms with van der Waals surface area (Å²) in [6.07, 6.45) is -4.37. The molecule has 0 aliphatic rings. The summed E-state index contributed by atoms with van der Waals surface area (Å²) in [5, 5.41) is 6.01. The smallest absolute Gasteiger partial charge is 0.352 e. The second-order valence-electron chi connectivity index (χ2n) is 6.37. The number of hydrogen-bond acceptors (Lipinski definition) is 3. The predicted octanol–water partition coefficient (Wildman–Crippen LogP) is 2.82. The Kier molecular flexibility index (Phi) is 7.26. The first-order chi connectivity index (χ1) is 13.6. The van der Waals surface area contributed by atoms with E-state index in [1.807, 2.05) is 0 Å². The van der Waals surface area contributed by atoms with Gasteiger partial charge in [-0.15, -0.1) is 0 Å². The Labute approximate surface area is 168 Å². The van der Waals surface area contributed by atoms with Gasteiger partial charge in [0.25, 0.3) is 0 Å². The molecule has 0 heterocycles. The Morgan fingerprint density at radius 2 is 1.59 bits per heavy atom. The fraction of sp³-hybridized carbons (Fsp3) is 0.316. The second-order valence-corrected chi connectivity index (χ2v) is 8.49. The summed E-state index contributed by atoms with van der Waals surface area (Å²) in [5.41, 5.74) is 0.512. The first-order valence-corrected chi connectivity index (χ1v) is 10.1. The van der Waals surface area contributed by atoms with E-state index in [0.29, 0.717) is 17.1 Å². The van der Waals surface area contributed by atoms with E-state index in [1.54, 1.807) is 25.2 Å². The second kappa shape index (κ2) is 9.27. The van der Waals surface area contributed by atoms with Crippen LogP contribution in [0.3, 0.4) is 0 Å². The van der Waals surface area contributed by atoms with Gasteiger partial charge >= 0.3 is 6.18 Å². The van der Waals surface area contributed by atoms with E-state index in [1.165, 1.54) is 32.3 Å². The van der Waals surface area contributed by atoms with Crippen LogP contribution in [0, 0.1) is 0 Å². The van der Waals surface area contributed by atoms with Crippen LogP contribution in [0.25, 0.3) is 0 Å². The molecule has 29 heavy (non-hydrogen) atoms. The van der Waals surface area contributed by atoms with Gasteiger partial charge in [-0.1, -0.05) is 30.3 Å². The lowest BCUT2D eigenvalue weighted by atomic mass is 10.1. The number of aliphatic imine (C=N–C) groups is 1. The number of rotatable bonds is 6. The van der Waals surface area contributed by atoms with Crippen molar-refractivity contribution in [3.05, 3.63) is 65.2 Å². The Morgan fingerprint density at radius 3 is 2.14 bits per heavy atom. The summed E-state index contributed by atoms with van der Waals surface area (Å²) in [6.45, 7) is 0.464. The van der Waals surface area contributed by atoms with E-state index in [-0.39, 0.29) is 18.0 Å². The molecule has 2 aromatic carbocycles. The van der Waals surface area contributed by atoms with Gasteiger partial charge in [-0.3, -0.25) is 4.99 Å². The van der Waals surface area contributed by atoms with Gasteiger partial charge in [-0.2, -0.15) is 13.2 Å². The van der Waals surface area contributed by atoms with Crippen molar-refractivity contribution < 1.29 is 21.6 Å². The van der Waals surface area contributed by atoms with E-state index < -0.39 is 21.8 Å². The Hall–Kier alpha value is -2.59. The van der Waals surface area contributed by atoms with Crippen molar-refractivity contribution in [1.29, 1.82) is 0 Å². The van der Waals surface area contributed by atoms with Crippen molar-refractivity contribution >= 4 is 16.0 Å². The number of alkyl halides is 3. The standard InChI is InChI=1S/C19H23F3N4O2S/c1-23-18(24-12-14-8-10-16(11-9-14)19(20,21)22)25-13-15-6-4-5-7-17(15)29(27,28)26(2)3/h4-11H,12-13H2,1-3H3,(H2,23,24,25). The Morgan fingerprint density at radius 1 is 1.00 bits per heavy atom. The summed E-state index contributed by atoms with van der Waals surface area (Å²) >= 11 is 0. The molecule has 2 rings (SSSR count). The molecule has 0 amide bonds. The lowest BCUT2D eigenvalue weighted by Gasteiger charge is -2.17. The summed E-state index contributed by atoms with van der Waals surface area (Å²) in [7, 11) is 0.879. The number of nitrogens with one attached hydrogen (secondary N) is 2. The molecule has 0 atom stereocenters. The zero-order valence-electron chi connectivity index (χ0n) is 16.3. The number of halogens is 3. The van der Waals surface area contributed by atoms with Crippen LogP contribution in [0.5, 0.6) is 0 Å². The van der Waals surface area contributed by atoms with Crippen molar-refractivity contribution in [3.8, 4) is 0 Å². The Balaban J connectivity index is 2.02. The van der Waals surface area contributed by atoms with E-state index >= 15 is 0 Å². The van der Waals surface area contributed by atoms with Crippen LogP contribution in [0.1, 0.15) is 16.7 Å². The van der Waals surface area contributed by atoms with Gasteiger partial charge in [0.1, 0.15) is 0 Å². The topological polar surface area (TPSA) is 73.8 Å². The lowest BCUT2D eigenvalue weighted by Crippen LogP contribution is -2.36. The van der Waals surface area contributed by atoms with E-state index in [9.17, 15) is 21.6 Å². The van der Waals surface area contributed by atoms with Gasteiger partial charge in [0.15, 0.2) is 5.96 Å². The van der Waals surface area contributed by atoms with Crippen LogP contribution >= 0.6 is 0 Å². The van der Waals surface area contributed by atoms with Crippen molar-refractivity contribution in [3.63, 3.8) is 0 Å². The molecule has 0 bridgehead atoms. The van der Waals surface area contributed by atoms with E-state index in [2.05, 4.69) is 15.6 Å². The third-order valence-corrected chi connectivity index (χ3v) is 6.06. The monoisotopic (exact) mass is 428 g/mol. The van der Waals surface area contributed by atoms with Gasteiger partial charge < -0.3 is 10.6 Å². The fourth-order valence-corrected chi connectivity index (χ4v) is 3.61. The molecule has 2 N–H and O–H groups in total. The first-order valence-electron chi connectivity index (χ1n) is 8.67. The van der Waals surface area contributed by atoms with Crippen molar-refractivity contribution in [2.75, 3.05) is 21.1 Å². The minimum Gasteiger partial charge on any atom is -0.352 e. The number of guanidine groups is 1. The number of nitrogens with zero attached hydrogens (tertiary/aromatic N) is 2. The highest BCUT2D eigenvalue weighted by molar-refractivity contribution is 7.89. The highest BCUT2D eigenvalue weighted by Gasteiger charge is 2.29. The molecule has 0 unspecified atom stereocenters. The molecule has 0 radical (unpaired) electrons. The molecular formula is C19H23F3N4O2S. The van der Waals surface area contributed by atoms with Gasteiger partial charge in [0, 0.05) is 34.2 Å². The van der Waals surface area contributed by atoms with Crippen LogP contribution in [-0.2, 0) is 29.3 Å².